The number of carbonyl (C=O) groups excluding carboxylic acids is 1. The Morgan fingerprint density at radius 3 is 2.40 bits per heavy atom. The quantitative estimate of drug-likeness (QED) is 0.481. The van der Waals surface area contributed by atoms with E-state index in [1.54, 1.807) is 6.92 Å². The Bertz CT molecular complexity index is 514. The van der Waals surface area contributed by atoms with Crippen molar-refractivity contribution in [3.05, 3.63) is 27.8 Å². The Morgan fingerprint density at radius 1 is 1.35 bits per heavy atom. The Labute approximate surface area is 116 Å². The number of nitrogens with zero attached hydrogens (tertiary/aromatic N) is 1. The predicted octanol–water partition coefficient (Wildman–Crippen LogP) is 2.97. The van der Waals surface area contributed by atoms with Crippen molar-refractivity contribution in [3.63, 3.8) is 0 Å². The monoisotopic (exact) mass is 283 g/mol. The molecule has 110 valence electrons. The molecule has 1 unspecified atom stereocenters. The fourth-order valence-corrected chi connectivity index (χ4v) is 1.74. The highest BCUT2D eigenvalue weighted by Crippen LogP contribution is 2.40. The molecule has 0 radical (unpaired) electrons. The van der Waals surface area contributed by atoms with Crippen LogP contribution in [0.15, 0.2) is 12.1 Å². The first-order valence-electron chi connectivity index (χ1n) is 6.24. The highest BCUT2D eigenvalue weighted by Gasteiger charge is 2.27. The molecule has 2 rings (SSSR count). The lowest BCUT2D eigenvalue weighted by Gasteiger charge is -2.12. The van der Waals surface area contributed by atoms with Gasteiger partial charge in [-0.2, -0.15) is 0 Å². The van der Waals surface area contributed by atoms with E-state index in [0.717, 1.165) is 0 Å². The third-order valence-corrected chi connectivity index (χ3v) is 2.50. The van der Waals surface area contributed by atoms with Gasteiger partial charge in [0.25, 0.3) is 5.69 Å². The topological polar surface area (TPSA) is 87.9 Å². The lowest BCUT2D eigenvalue weighted by molar-refractivity contribution is -0.386. The molecular weight excluding hydrogens is 266 g/mol. The molecule has 1 heterocycles. The standard InChI is InChI=1S/C11H11NO6.C2H6/c1-6(18-7(2)13)8-3-10-11(17-5-16-10)4-9(8)12(14)15;1-2/h3-4,6H,5H2,1-2H3;1-2H3. The largest absolute Gasteiger partial charge is 0.458 e. The van der Waals surface area contributed by atoms with Gasteiger partial charge in [0.1, 0.15) is 6.10 Å². The molecule has 20 heavy (non-hydrogen) atoms. The molecule has 0 saturated carbocycles. The van der Waals surface area contributed by atoms with Gasteiger partial charge < -0.3 is 14.2 Å². The van der Waals surface area contributed by atoms with Crippen molar-refractivity contribution in [2.24, 2.45) is 0 Å². The van der Waals surface area contributed by atoms with Gasteiger partial charge in [0.05, 0.1) is 16.6 Å². The summed E-state index contributed by atoms with van der Waals surface area (Å²) >= 11 is 0. The normalized spacial score (nSPS) is 13.0. The fraction of sp³-hybridized carbons (Fsp3) is 0.462. The maximum Gasteiger partial charge on any atom is 0.303 e. The van der Waals surface area contributed by atoms with Crippen LogP contribution in [0.2, 0.25) is 0 Å². The summed E-state index contributed by atoms with van der Waals surface area (Å²) in [5.41, 5.74) is 0.118. The van der Waals surface area contributed by atoms with Gasteiger partial charge >= 0.3 is 5.97 Å². The minimum Gasteiger partial charge on any atom is -0.458 e. The van der Waals surface area contributed by atoms with Gasteiger partial charge in [-0.05, 0) is 13.0 Å². The Hall–Kier alpha value is -2.31. The van der Waals surface area contributed by atoms with E-state index in [0.29, 0.717) is 11.5 Å². The van der Waals surface area contributed by atoms with Gasteiger partial charge in [-0.1, -0.05) is 13.8 Å². The minimum atomic E-state index is -0.725. The molecule has 7 nitrogen and oxygen atoms in total. The summed E-state index contributed by atoms with van der Waals surface area (Å²) in [4.78, 5) is 21.3. The molecule has 1 aromatic carbocycles. The van der Waals surface area contributed by atoms with Crippen molar-refractivity contribution in [2.75, 3.05) is 6.79 Å². The second-order valence-electron chi connectivity index (χ2n) is 3.77. The number of fused-ring (bicyclic) bond motifs is 1. The highest BCUT2D eigenvalue weighted by atomic mass is 16.7. The summed E-state index contributed by atoms with van der Waals surface area (Å²) in [6.07, 6.45) is -0.725. The molecule has 0 bridgehead atoms. The summed E-state index contributed by atoms with van der Waals surface area (Å²) < 4.78 is 15.2. The minimum absolute atomic E-state index is 0.0257. The Kier molecular flexibility index (Phi) is 5.31. The van der Waals surface area contributed by atoms with E-state index in [1.165, 1.54) is 19.1 Å². The van der Waals surface area contributed by atoms with Crippen LogP contribution in [0.5, 0.6) is 11.5 Å². The molecular formula is C13H17NO6. The van der Waals surface area contributed by atoms with E-state index in [4.69, 9.17) is 14.2 Å². The number of carbonyl (C=O) groups is 1. The highest BCUT2D eigenvalue weighted by molar-refractivity contribution is 5.67. The van der Waals surface area contributed by atoms with Crippen LogP contribution in [0, 0.1) is 10.1 Å². The average molecular weight is 283 g/mol. The molecule has 1 aliphatic heterocycles. The van der Waals surface area contributed by atoms with Crippen LogP contribution < -0.4 is 9.47 Å². The van der Waals surface area contributed by atoms with E-state index < -0.39 is 17.0 Å². The van der Waals surface area contributed by atoms with Crippen molar-refractivity contribution >= 4 is 11.7 Å². The third kappa shape index (κ3) is 3.37. The molecule has 1 atom stereocenters. The molecule has 0 N–H and O–H groups in total. The van der Waals surface area contributed by atoms with Crippen LogP contribution in [0.3, 0.4) is 0 Å². The van der Waals surface area contributed by atoms with Crippen LogP contribution in [0.4, 0.5) is 5.69 Å². The maximum atomic E-state index is 11.0. The fourth-order valence-electron chi connectivity index (χ4n) is 1.74. The second kappa shape index (κ2) is 6.74. The number of benzene rings is 1. The van der Waals surface area contributed by atoms with E-state index in [2.05, 4.69) is 0 Å². The Morgan fingerprint density at radius 2 is 1.90 bits per heavy atom. The molecule has 0 spiro atoms. The first-order chi connectivity index (χ1) is 9.49. The molecule has 7 heteroatoms. The summed E-state index contributed by atoms with van der Waals surface area (Å²) in [6.45, 7) is 6.83. The summed E-state index contributed by atoms with van der Waals surface area (Å²) in [7, 11) is 0. The van der Waals surface area contributed by atoms with Crippen molar-refractivity contribution < 1.29 is 23.9 Å². The second-order valence-corrected chi connectivity index (χ2v) is 3.77. The van der Waals surface area contributed by atoms with Gasteiger partial charge in [0.15, 0.2) is 11.5 Å². The predicted molar refractivity (Wildman–Crippen MR) is 70.7 cm³/mol. The molecule has 0 saturated heterocycles. The maximum absolute atomic E-state index is 11.0. The van der Waals surface area contributed by atoms with Crippen molar-refractivity contribution in [2.45, 2.75) is 33.8 Å². The number of hydrogen-bond acceptors (Lipinski definition) is 6. The zero-order valence-electron chi connectivity index (χ0n) is 11.8. The Balaban J connectivity index is 0.000000956. The molecule has 1 aromatic rings. The van der Waals surface area contributed by atoms with Gasteiger partial charge in [-0.15, -0.1) is 0 Å². The zero-order valence-corrected chi connectivity index (χ0v) is 11.8. The number of ether oxygens (including phenoxy) is 3. The first-order valence-corrected chi connectivity index (χ1v) is 6.24. The van der Waals surface area contributed by atoms with Crippen LogP contribution in [0.25, 0.3) is 0 Å². The van der Waals surface area contributed by atoms with Crippen molar-refractivity contribution in [3.8, 4) is 11.5 Å². The molecule has 0 fully saturated rings. The molecule has 0 amide bonds. The van der Waals surface area contributed by atoms with Gasteiger partial charge in [0, 0.05) is 6.92 Å². The van der Waals surface area contributed by atoms with Crippen molar-refractivity contribution in [1.82, 2.24) is 0 Å². The van der Waals surface area contributed by atoms with E-state index in [1.807, 2.05) is 13.8 Å². The number of hydrogen-bond donors (Lipinski definition) is 0. The molecule has 0 aromatic heterocycles. The van der Waals surface area contributed by atoms with Crippen LogP contribution >= 0.6 is 0 Å². The number of nitro groups is 1. The summed E-state index contributed by atoms with van der Waals surface area (Å²) in [5.74, 6) is 0.226. The van der Waals surface area contributed by atoms with Crippen LogP contribution in [-0.4, -0.2) is 17.7 Å². The summed E-state index contributed by atoms with van der Waals surface area (Å²) in [5, 5.41) is 11.0. The number of esters is 1. The number of rotatable bonds is 3. The van der Waals surface area contributed by atoms with E-state index >= 15 is 0 Å². The van der Waals surface area contributed by atoms with Crippen LogP contribution in [0.1, 0.15) is 39.4 Å². The SMILES string of the molecule is CC.CC(=O)OC(C)c1cc2c(cc1[N+](=O)[O-])OCO2. The molecule has 0 aliphatic carbocycles. The third-order valence-electron chi connectivity index (χ3n) is 2.50. The smallest absolute Gasteiger partial charge is 0.303 e. The first kappa shape index (κ1) is 15.7. The lowest BCUT2D eigenvalue weighted by Crippen LogP contribution is -2.07. The van der Waals surface area contributed by atoms with Gasteiger partial charge in [-0.25, -0.2) is 0 Å². The summed E-state index contributed by atoms with van der Waals surface area (Å²) in [6, 6.07) is 2.74. The van der Waals surface area contributed by atoms with E-state index in [-0.39, 0.29) is 18.0 Å². The van der Waals surface area contributed by atoms with E-state index in [9.17, 15) is 14.9 Å². The molecule has 1 aliphatic rings. The lowest BCUT2D eigenvalue weighted by atomic mass is 10.1. The van der Waals surface area contributed by atoms with Gasteiger partial charge in [-0.3, -0.25) is 14.9 Å². The van der Waals surface area contributed by atoms with Gasteiger partial charge in [0.2, 0.25) is 6.79 Å². The van der Waals surface area contributed by atoms with Crippen LogP contribution in [-0.2, 0) is 9.53 Å². The van der Waals surface area contributed by atoms with Crippen molar-refractivity contribution in [1.29, 1.82) is 0 Å². The zero-order chi connectivity index (χ0) is 15.3. The number of nitro benzene ring substituents is 1. The average Bonchev–Trinajstić information content (AvgIpc) is 2.85.